The van der Waals surface area contributed by atoms with E-state index >= 15 is 0 Å². The third kappa shape index (κ3) is 3.81. The van der Waals surface area contributed by atoms with Gasteiger partial charge in [-0.3, -0.25) is 4.79 Å². The maximum Gasteiger partial charge on any atom is 0.282 e. The number of carbonyl (C=O) groups excluding carboxylic acids is 1. The van der Waals surface area contributed by atoms with Gasteiger partial charge in [0.05, 0.1) is 18.9 Å². The molecule has 0 aromatic heterocycles. The van der Waals surface area contributed by atoms with Crippen LogP contribution in [0.2, 0.25) is 0 Å². The summed E-state index contributed by atoms with van der Waals surface area (Å²) in [6, 6.07) is 3.90. The smallest absolute Gasteiger partial charge is 0.282 e. The van der Waals surface area contributed by atoms with Crippen molar-refractivity contribution in [3.8, 4) is 0 Å². The highest BCUT2D eigenvalue weighted by atomic mass is 79.9. The quantitative estimate of drug-likeness (QED) is 0.803. The lowest BCUT2D eigenvalue weighted by atomic mass is 10.2. The molecule has 0 spiro atoms. The van der Waals surface area contributed by atoms with Crippen LogP contribution in [-0.2, 0) is 9.53 Å². The third-order valence-corrected chi connectivity index (χ3v) is 4.83. The molecule has 1 aromatic rings. The highest BCUT2D eigenvalue weighted by Crippen LogP contribution is 2.32. The first-order valence-corrected chi connectivity index (χ1v) is 8.26. The molecule has 1 aliphatic rings. The van der Waals surface area contributed by atoms with Gasteiger partial charge < -0.3 is 15.0 Å². The van der Waals surface area contributed by atoms with Crippen LogP contribution in [0, 0.1) is 6.92 Å². The Labute approximate surface area is 136 Å². The number of morpholine rings is 1. The van der Waals surface area contributed by atoms with Crippen LogP contribution in [0.3, 0.4) is 0 Å². The summed E-state index contributed by atoms with van der Waals surface area (Å²) in [6.07, 6.45) is 0. The van der Waals surface area contributed by atoms with E-state index in [0.717, 1.165) is 46.5 Å². The van der Waals surface area contributed by atoms with Gasteiger partial charge in [0, 0.05) is 8.95 Å². The third-order valence-electron chi connectivity index (χ3n) is 3.58. The first-order chi connectivity index (χ1) is 9.49. The minimum Gasteiger partial charge on any atom is -0.370 e. The van der Waals surface area contributed by atoms with Crippen molar-refractivity contribution >= 4 is 43.5 Å². The predicted octanol–water partition coefficient (Wildman–Crippen LogP) is 1.76. The van der Waals surface area contributed by atoms with Crippen molar-refractivity contribution in [3.05, 3.63) is 26.6 Å². The number of benzene rings is 1. The van der Waals surface area contributed by atoms with Crippen LogP contribution in [-0.4, -0.2) is 38.3 Å². The molecule has 1 saturated heterocycles. The number of ether oxygens (including phenoxy) is 1. The minimum absolute atomic E-state index is 0.0344. The van der Waals surface area contributed by atoms with Crippen molar-refractivity contribution in [1.82, 2.24) is 0 Å². The van der Waals surface area contributed by atoms with Crippen molar-refractivity contribution in [1.29, 1.82) is 0 Å². The lowest BCUT2D eigenvalue weighted by molar-refractivity contribution is -0.921. The Hall–Kier alpha value is -0.430. The summed E-state index contributed by atoms with van der Waals surface area (Å²) in [7, 11) is 0. The zero-order valence-electron chi connectivity index (χ0n) is 11.6. The fourth-order valence-electron chi connectivity index (χ4n) is 2.30. The van der Waals surface area contributed by atoms with E-state index < -0.39 is 0 Å². The van der Waals surface area contributed by atoms with Gasteiger partial charge in [-0.05, 0) is 63.4 Å². The number of hydrogen-bond donors (Lipinski definition) is 2. The fourth-order valence-corrected chi connectivity index (χ4v) is 3.92. The standard InChI is InChI=1S/C14H18Br2N2O2/c1-9-7-11(15)13(12(16)8-9)17-14(19)10(2)18-3-5-20-6-4-18/h7-8,10H,3-6H2,1-2H3,(H,17,19)/p+1/t10-/m0/s1. The number of nitrogens with one attached hydrogen (secondary N) is 2. The maximum absolute atomic E-state index is 12.4. The normalized spacial score (nSPS) is 17.8. The molecule has 0 radical (unpaired) electrons. The molecule has 110 valence electrons. The zero-order valence-corrected chi connectivity index (χ0v) is 14.8. The van der Waals surface area contributed by atoms with E-state index in [1.807, 2.05) is 26.0 Å². The Morgan fingerprint density at radius 2 is 1.85 bits per heavy atom. The zero-order chi connectivity index (χ0) is 14.7. The summed E-state index contributed by atoms with van der Waals surface area (Å²) in [5.41, 5.74) is 1.92. The second-order valence-corrected chi connectivity index (χ2v) is 6.79. The van der Waals surface area contributed by atoms with E-state index in [2.05, 4.69) is 37.2 Å². The highest BCUT2D eigenvalue weighted by molar-refractivity contribution is 9.11. The maximum atomic E-state index is 12.4. The Bertz CT molecular complexity index is 479. The molecule has 2 rings (SSSR count). The van der Waals surface area contributed by atoms with E-state index in [4.69, 9.17) is 4.74 Å². The average molecular weight is 407 g/mol. The van der Waals surface area contributed by atoms with Crippen LogP contribution >= 0.6 is 31.9 Å². The average Bonchev–Trinajstić information content (AvgIpc) is 2.42. The first-order valence-electron chi connectivity index (χ1n) is 6.68. The summed E-state index contributed by atoms with van der Waals surface area (Å²) in [4.78, 5) is 13.7. The Morgan fingerprint density at radius 3 is 2.40 bits per heavy atom. The van der Waals surface area contributed by atoms with Crippen LogP contribution < -0.4 is 10.2 Å². The number of quaternary nitrogens is 1. The van der Waals surface area contributed by atoms with Crippen LogP contribution in [0.25, 0.3) is 0 Å². The summed E-state index contributed by atoms with van der Waals surface area (Å²) < 4.78 is 7.11. The number of carbonyl (C=O) groups is 1. The first kappa shape index (κ1) is 15.9. The molecule has 4 nitrogen and oxygen atoms in total. The van der Waals surface area contributed by atoms with Gasteiger partial charge >= 0.3 is 0 Å². The van der Waals surface area contributed by atoms with Crippen LogP contribution in [0.4, 0.5) is 5.69 Å². The van der Waals surface area contributed by atoms with E-state index in [1.165, 1.54) is 4.90 Å². The second kappa shape index (κ2) is 7.02. The number of anilines is 1. The summed E-state index contributed by atoms with van der Waals surface area (Å²) in [5, 5.41) is 3.01. The number of hydrogen-bond acceptors (Lipinski definition) is 2. The van der Waals surface area contributed by atoms with Crippen LogP contribution in [0.15, 0.2) is 21.1 Å². The van der Waals surface area contributed by atoms with Gasteiger partial charge in [0.1, 0.15) is 13.1 Å². The number of halogens is 2. The molecule has 1 heterocycles. The van der Waals surface area contributed by atoms with E-state index in [-0.39, 0.29) is 11.9 Å². The molecule has 1 aliphatic heterocycles. The number of aryl methyl sites for hydroxylation is 1. The van der Waals surface area contributed by atoms with E-state index in [9.17, 15) is 4.79 Å². The summed E-state index contributed by atoms with van der Waals surface area (Å²) >= 11 is 7.00. The molecule has 0 saturated carbocycles. The molecule has 0 unspecified atom stereocenters. The largest absolute Gasteiger partial charge is 0.370 e. The van der Waals surface area contributed by atoms with Crippen molar-refractivity contribution in [2.24, 2.45) is 0 Å². The Kier molecular flexibility index (Phi) is 5.60. The highest BCUT2D eigenvalue weighted by Gasteiger charge is 2.27. The SMILES string of the molecule is Cc1cc(Br)c(NC(=O)[C@H](C)[NH+]2CCOCC2)c(Br)c1. The van der Waals surface area contributed by atoms with Crippen molar-refractivity contribution in [2.45, 2.75) is 19.9 Å². The van der Waals surface area contributed by atoms with Crippen molar-refractivity contribution in [2.75, 3.05) is 31.6 Å². The molecule has 1 fully saturated rings. The van der Waals surface area contributed by atoms with Crippen molar-refractivity contribution < 1.29 is 14.4 Å². The van der Waals surface area contributed by atoms with E-state index in [1.54, 1.807) is 0 Å². The molecule has 2 N–H and O–H groups in total. The Morgan fingerprint density at radius 1 is 1.30 bits per heavy atom. The second-order valence-electron chi connectivity index (χ2n) is 5.09. The van der Waals surface area contributed by atoms with Gasteiger partial charge in [-0.1, -0.05) is 0 Å². The lowest BCUT2D eigenvalue weighted by Crippen LogP contribution is -3.18. The lowest BCUT2D eigenvalue weighted by Gasteiger charge is -2.28. The van der Waals surface area contributed by atoms with Crippen LogP contribution in [0.1, 0.15) is 12.5 Å². The molecule has 1 amide bonds. The van der Waals surface area contributed by atoms with Gasteiger partial charge in [0.2, 0.25) is 0 Å². The molecule has 0 aliphatic carbocycles. The fraction of sp³-hybridized carbons (Fsp3) is 0.500. The topological polar surface area (TPSA) is 42.8 Å². The van der Waals surface area contributed by atoms with Gasteiger partial charge in [0.25, 0.3) is 5.91 Å². The molecular formula is C14H19Br2N2O2+. The molecule has 6 heteroatoms. The summed E-state index contributed by atoms with van der Waals surface area (Å²) in [5.74, 6) is 0.0344. The van der Waals surface area contributed by atoms with Gasteiger partial charge in [0.15, 0.2) is 6.04 Å². The van der Waals surface area contributed by atoms with Gasteiger partial charge in [-0.15, -0.1) is 0 Å². The van der Waals surface area contributed by atoms with Crippen molar-refractivity contribution in [3.63, 3.8) is 0 Å². The van der Waals surface area contributed by atoms with Crippen LogP contribution in [0.5, 0.6) is 0 Å². The van der Waals surface area contributed by atoms with Gasteiger partial charge in [-0.25, -0.2) is 0 Å². The van der Waals surface area contributed by atoms with E-state index in [0.29, 0.717) is 0 Å². The molecule has 0 bridgehead atoms. The molecule has 1 atom stereocenters. The Balaban J connectivity index is 2.07. The monoisotopic (exact) mass is 405 g/mol. The summed E-state index contributed by atoms with van der Waals surface area (Å²) in [6.45, 7) is 7.19. The molecule has 20 heavy (non-hydrogen) atoms. The minimum atomic E-state index is -0.0843. The predicted molar refractivity (Wildman–Crippen MR) is 86.2 cm³/mol. The van der Waals surface area contributed by atoms with Gasteiger partial charge in [-0.2, -0.15) is 0 Å². The number of amides is 1. The number of rotatable bonds is 3. The molecular weight excluding hydrogens is 388 g/mol. The molecule has 1 aromatic carbocycles.